The lowest BCUT2D eigenvalue weighted by Gasteiger charge is -2.45. The maximum absolute atomic E-state index is 6.21. The number of nitrogens with two attached hydrogens (primary N) is 1. The number of hydrogen-bond donors (Lipinski definition) is 1. The summed E-state index contributed by atoms with van der Waals surface area (Å²) in [6, 6.07) is 6.76. The molecule has 2 saturated heterocycles. The second kappa shape index (κ2) is 5.29. The molecule has 0 aliphatic carbocycles. The van der Waals surface area contributed by atoms with Crippen LogP contribution in [0.5, 0.6) is 5.75 Å². The van der Waals surface area contributed by atoms with Gasteiger partial charge in [-0.1, -0.05) is 12.5 Å². The lowest BCUT2D eigenvalue weighted by atomic mass is 9.99. The fourth-order valence-electron chi connectivity index (χ4n) is 3.36. The summed E-state index contributed by atoms with van der Waals surface area (Å²) in [7, 11) is 1.68. The minimum Gasteiger partial charge on any atom is -0.495 e. The van der Waals surface area contributed by atoms with Gasteiger partial charge in [-0.15, -0.1) is 0 Å². The summed E-state index contributed by atoms with van der Waals surface area (Å²) >= 11 is 0. The molecule has 0 saturated carbocycles. The Morgan fingerprint density at radius 2 is 2.11 bits per heavy atom. The Hall–Kier alpha value is -1.42. The summed E-state index contributed by atoms with van der Waals surface area (Å²) in [5.74, 6) is 0.781. The maximum atomic E-state index is 6.21. The van der Waals surface area contributed by atoms with Gasteiger partial charge in [0.2, 0.25) is 0 Å². The first-order chi connectivity index (χ1) is 9.29. The zero-order chi connectivity index (χ0) is 13.2. The molecular weight excluding hydrogens is 238 g/mol. The van der Waals surface area contributed by atoms with E-state index in [4.69, 9.17) is 10.5 Å². The Labute approximate surface area is 115 Å². The topological polar surface area (TPSA) is 41.7 Å². The number of piperazine rings is 1. The van der Waals surface area contributed by atoms with Crippen LogP contribution in [0.1, 0.15) is 19.3 Å². The van der Waals surface area contributed by atoms with Crippen molar-refractivity contribution in [2.45, 2.75) is 25.3 Å². The SMILES string of the molecule is COc1cccc(N2CCN3CCCCC3C2)c1N. The molecule has 3 rings (SSSR count). The van der Waals surface area contributed by atoms with Crippen LogP contribution in [0.4, 0.5) is 11.4 Å². The van der Waals surface area contributed by atoms with Crippen LogP contribution in [-0.4, -0.2) is 44.2 Å². The first-order valence-electron chi connectivity index (χ1n) is 7.21. The Morgan fingerprint density at radius 1 is 1.21 bits per heavy atom. The van der Waals surface area contributed by atoms with Crippen molar-refractivity contribution in [2.75, 3.05) is 43.9 Å². The van der Waals surface area contributed by atoms with Gasteiger partial charge in [-0.25, -0.2) is 0 Å². The van der Waals surface area contributed by atoms with E-state index in [1.807, 2.05) is 12.1 Å². The monoisotopic (exact) mass is 261 g/mol. The number of para-hydroxylation sites is 1. The number of nitrogen functional groups attached to an aromatic ring is 1. The van der Waals surface area contributed by atoms with Crippen LogP contribution in [0.15, 0.2) is 18.2 Å². The van der Waals surface area contributed by atoms with Gasteiger partial charge in [0.25, 0.3) is 0 Å². The fourth-order valence-corrected chi connectivity index (χ4v) is 3.36. The highest BCUT2D eigenvalue weighted by atomic mass is 16.5. The van der Waals surface area contributed by atoms with Gasteiger partial charge < -0.3 is 15.4 Å². The minimum atomic E-state index is 0.702. The van der Waals surface area contributed by atoms with Crippen LogP contribution < -0.4 is 15.4 Å². The number of anilines is 2. The van der Waals surface area contributed by atoms with Crippen molar-refractivity contribution in [2.24, 2.45) is 0 Å². The molecule has 2 heterocycles. The van der Waals surface area contributed by atoms with Crippen LogP contribution in [0.25, 0.3) is 0 Å². The number of rotatable bonds is 2. The molecule has 1 aromatic carbocycles. The molecule has 1 unspecified atom stereocenters. The summed E-state index contributed by atoms with van der Waals surface area (Å²) < 4.78 is 5.32. The molecule has 1 atom stereocenters. The second-order valence-corrected chi connectivity index (χ2v) is 5.52. The van der Waals surface area contributed by atoms with Crippen molar-refractivity contribution in [3.8, 4) is 5.75 Å². The second-order valence-electron chi connectivity index (χ2n) is 5.52. The number of fused-ring (bicyclic) bond motifs is 1. The minimum absolute atomic E-state index is 0.702. The van der Waals surface area contributed by atoms with Gasteiger partial charge in [0.1, 0.15) is 5.75 Å². The van der Waals surface area contributed by atoms with E-state index in [-0.39, 0.29) is 0 Å². The van der Waals surface area contributed by atoms with Crippen molar-refractivity contribution < 1.29 is 4.74 Å². The van der Waals surface area contributed by atoms with Crippen LogP contribution in [-0.2, 0) is 0 Å². The summed E-state index contributed by atoms with van der Waals surface area (Å²) in [6.07, 6.45) is 4.04. The van der Waals surface area contributed by atoms with E-state index in [0.29, 0.717) is 6.04 Å². The van der Waals surface area contributed by atoms with Crippen LogP contribution in [0.3, 0.4) is 0 Å². The van der Waals surface area contributed by atoms with E-state index in [1.54, 1.807) is 7.11 Å². The molecule has 0 radical (unpaired) electrons. The van der Waals surface area contributed by atoms with Gasteiger partial charge in [-0.2, -0.15) is 0 Å². The molecule has 2 N–H and O–H groups in total. The number of ether oxygens (including phenoxy) is 1. The van der Waals surface area contributed by atoms with Crippen molar-refractivity contribution in [1.29, 1.82) is 0 Å². The first-order valence-corrected chi connectivity index (χ1v) is 7.21. The van der Waals surface area contributed by atoms with E-state index >= 15 is 0 Å². The molecule has 0 spiro atoms. The van der Waals surface area contributed by atoms with Crippen molar-refractivity contribution in [3.05, 3.63) is 18.2 Å². The van der Waals surface area contributed by atoms with Gasteiger partial charge in [-0.05, 0) is 31.5 Å². The van der Waals surface area contributed by atoms with Crippen molar-refractivity contribution in [1.82, 2.24) is 4.90 Å². The number of benzene rings is 1. The van der Waals surface area contributed by atoms with Gasteiger partial charge in [0.15, 0.2) is 0 Å². The molecule has 2 fully saturated rings. The van der Waals surface area contributed by atoms with Crippen LogP contribution >= 0.6 is 0 Å². The average Bonchev–Trinajstić information content (AvgIpc) is 2.47. The highest BCUT2D eigenvalue weighted by molar-refractivity contribution is 5.74. The third kappa shape index (κ3) is 2.37. The predicted octanol–water partition coefficient (Wildman–Crippen LogP) is 1.95. The predicted molar refractivity (Wildman–Crippen MR) is 78.8 cm³/mol. The van der Waals surface area contributed by atoms with E-state index in [2.05, 4.69) is 15.9 Å². The van der Waals surface area contributed by atoms with Crippen LogP contribution in [0, 0.1) is 0 Å². The molecule has 1 aromatic rings. The molecule has 2 aliphatic rings. The summed E-state index contributed by atoms with van der Waals surface area (Å²) in [6.45, 7) is 4.58. The number of methoxy groups -OCH3 is 1. The molecule has 0 bridgehead atoms. The molecule has 0 amide bonds. The smallest absolute Gasteiger partial charge is 0.143 e. The molecule has 4 heteroatoms. The Bertz CT molecular complexity index is 449. The highest BCUT2D eigenvalue weighted by Crippen LogP contribution is 2.34. The quantitative estimate of drug-likeness (QED) is 0.826. The maximum Gasteiger partial charge on any atom is 0.143 e. The van der Waals surface area contributed by atoms with Gasteiger partial charge in [-0.3, -0.25) is 4.90 Å². The third-order valence-electron chi connectivity index (χ3n) is 4.44. The van der Waals surface area contributed by atoms with E-state index in [1.165, 1.54) is 25.8 Å². The Balaban J connectivity index is 1.79. The standard InChI is InChI=1S/C15H23N3O/c1-19-14-7-4-6-13(15(14)16)18-10-9-17-8-3-2-5-12(17)11-18/h4,6-7,12H,2-3,5,8-11,16H2,1H3. The lowest BCUT2D eigenvalue weighted by Crippen LogP contribution is -2.55. The Morgan fingerprint density at radius 3 is 2.95 bits per heavy atom. The highest BCUT2D eigenvalue weighted by Gasteiger charge is 2.29. The third-order valence-corrected chi connectivity index (χ3v) is 4.44. The molecule has 0 aromatic heterocycles. The largest absolute Gasteiger partial charge is 0.495 e. The summed E-state index contributed by atoms with van der Waals surface area (Å²) in [5.41, 5.74) is 8.11. The summed E-state index contributed by atoms with van der Waals surface area (Å²) in [5, 5.41) is 0. The van der Waals surface area contributed by atoms with E-state index < -0.39 is 0 Å². The van der Waals surface area contributed by atoms with Crippen LogP contribution in [0.2, 0.25) is 0 Å². The zero-order valence-electron chi connectivity index (χ0n) is 11.6. The molecular formula is C15H23N3O. The molecule has 104 valence electrons. The lowest BCUT2D eigenvalue weighted by molar-refractivity contribution is 0.133. The van der Waals surface area contributed by atoms with Gasteiger partial charge in [0.05, 0.1) is 18.5 Å². The molecule has 4 nitrogen and oxygen atoms in total. The number of hydrogen-bond acceptors (Lipinski definition) is 4. The average molecular weight is 261 g/mol. The van der Waals surface area contributed by atoms with E-state index in [0.717, 1.165) is 36.8 Å². The molecule has 19 heavy (non-hydrogen) atoms. The van der Waals surface area contributed by atoms with E-state index in [9.17, 15) is 0 Å². The fraction of sp³-hybridized carbons (Fsp3) is 0.600. The zero-order valence-corrected chi connectivity index (χ0v) is 11.6. The van der Waals surface area contributed by atoms with Crippen molar-refractivity contribution in [3.63, 3.8) is 0 Å². The van der Waals surface area contributed by atoms with Crippen molar-refractivity contribution >= 4 is 11.4 Å². The molecule has 2 aliphatic heterocycles. The summed E-state index contributed by atoms with van der Waals surface area (Å²) in [4.78, 5) is 5.06. The number of piperidine rings is 1. The normalized spacial score (nSPS) is 24.1. The number of nitrogens with zero attached hydrogens (tertiary/aromatic N) is 2. The first kappa shape index (κ1) is 12.6. The Kier molecular flexibility index (Phi) is 3.51. The van der Waals surface area contributed by atoms with Gasteiger partial charge >= 0.3 is 0 Å². The van der Waals surface area contributed by atoms with Gasteiger partial charge in [0, 0.05) is 25.7 Å².